The van der Waals surface area contributed by atoms with Gasteiger partial charge in [0.2, 0.25) is 5.91 Å². The van der Waals surface area contributed by atoms with Gasteiger partial charge < -0.3 is 19.4 Å². The molecule has 0 saturated carbocycles. The van der Waals surface area contributed by atoms with Crippen LogP contribution in [0.25, 0.3) is 11.0 Å². The normalized spacial score (nSPS) is 10.7. The first-order chi connectivity index (χ1) is 14.2. The minimum Gasteiger partial charge on any atom is -0.497 e. The van der Waals surface area contributed by atoms with Crippen LogP contribution in [-0.4, -0.2) is 35.7 Å². The topological polar surface area (TPSA) is 65.4 Å². The number of methoxy groups -OCH3 is 1. The van der Waals surface area contributed by atoms with Gasteiger partial charge in [0.05, 0.1) is 24.8 Å². The Morgan fingerprint density at radius 1 is 1.17 bits per heavy atom. The van der Waals surface area contributed by atoms with Gasteiger partial charge in [0, 0.05) is 25.6 Å². The van der Waals surface area contributed by atoms with Crippen molar-refractivity contribution in [1.82, 2.24) is 14.9 Å². The molecule has 1 aromatic heterocycles. The van der Waals surface area contributed by atoms with Crippen LogP contribution in [0.15, 0.2) is 61.2 Å². The highest BCUT2D eigenvalue weighted by atomic mass is 16.5. The molecule has 1 amide bonds. The number of hydrogen-bond donors (Lipinski definition) is 1. The zero-order valence-corrected chi connectivity index (χ0v) is 16.8. The molecule has 6 nitrogen and oxygen atoms in total. The Hall–Kier alpha value is -3.28. The highest BCUT2D eigenvalue weighted by Gasteiger charge is 2.10. The lowest BCUT2D eigenvalue weighted by atomic mass is 10.2. The lowest BCUT2D eigenvalue weighted by Crippen LogP contribution is -2.24. The van der Waals surface area contributed by atoms with E-state index >= 15 is 0 Å². The predicted octanol–water partition coefficient (Wildman–Crippen LogP) is 3.75. The number of hydrogen-bond acceptors (Lipinski definition) is 4. The Balaban J connectivity index is 1.56. The molecule has 152 valence electrons. The molecule has 0 saturated heterocycles. The van der Waals surface area contributed by atoms with Crippen molar-refractivity contribution < 1.29 is 14.3 Å². The standard InChI is InChI=1S/C23H27N3O3/c1-3-23(27)24-14-13-22-25-20-11-4-5-12-21(20)26(22)15-6-7-16-29-19-10-8-9-18(17-19)28-2/h3-5,8-12,17H,1,6-7,13-16H2,2H3,(H,24,27). The minimum absolute atomic E-state index is 0.164. The van der Waals surface area contributed by atoms with Crippen LogP contribution in [0.5, 0.6) is 11.5 Å². The molecule has 0 fully saturated rings. The van der Waals surface area contributed by atoms with E-state index in [1.54, 1.807) is 7.11 Å². The van der Waals surface area contributed by atoms with Gasteiger partial charge in [-0.1, -0.05) is 24.8 Å². The second-order valence-electron chi connectivity index (χ2n) is 6.65. The highest BCUT2D eigenvalue weighted by molar-refractivity contribution is 5.86. The number of aryl methyl sites for hydroxylation is 1. The van der Waals surface area contributed by atoms with E-state index in [4.69, 9.17) is 14.5 Å². The van der Waals surface area contributed by atoms with Gasteiger partial charge in [-0.05, 0) is 43.2 Å². The van der Waals surface area contributed by atoms with Crippen molar-refractivity contribution in [2.24, 2.45) is 0 Å². The average Bonchev–Trinajstić information content (AvgIpc) is 3.11. The smallest absolute Gasteiger partial charge is 0.243 e. The number of carbonyl (C=O) groups excluding carboxylic acids is 1. The second-order valence-corrected chi connectivity index (χ2v) is 6.65. The van der Waals surface area contributed by atoms with Crippen molar-refractivity contribution in [3.05, 3.63) is 67.0 Å². The van der Waals surface area contributed by atoms with E-state index in [2.05, 4.69) is 22.5 Å². The van der Waals surface area contributed by atoms with Gasteiger partial charge in [0.1, 0.15) is 17.3 Å². The quantitative estimate of drug-likeness (QED) is 0.398. The number of carbonyl (C=O) groups is 1. The molecule has 0 atom stereocenters. The third kappa shape index (κ3) is 5.60. The maximum atomic E-state index is 11.4. The molecule has 3 rings (SSSR count). The van der Waals surface area contributed by atoms with Crippen LogP contribution in [0.3, 0.4) is 0 Å². The molecule has 1 N–H and O–H groups in total. The number of rotatable bonds is 11. The molecule has 0 unspecified atom stereocenters. The summed E-state index contributed by atoms with van der Waals surface area (Å²) < 4.78 is 13.3. The van der Waals surface area contributed by atoms with Crippen LogP contribution < -0.4 is 14.8 Å². The van der Waals surface area contributed by atoms with Crippen molar-refractivity contribution in [2.75, 3.05) is 20.3 Å². The Morgan fingerprint density at radius 2 is 2.00 bits per heavy atom. The van der Waals surface area contributed by atoms with E-state index in [0.717, 1.165) is 47.7 Å². The minimum atomic E-state index is -0.164. The number of ether oxygens (including phenoxy) is 2. The first-order valence-electron chi connectivity index (χ1n) is 9.82. The van der Waals surface area contributed by atoms with Crippen LogP contribution in [0.2, 0.25) is 0 Å². The summed E-state index contributed by atoms with van der Waals surface area (Å²) in [6, 6.07) is 15.8. The van der Waals surface area contributed by atoms with E-state index in [0.29, 0.717) is 19.6 Å². The van der Waals surface area contributed by atoms with Gasteiger partial charge in [-0.3, -0.25) is 4.79 Å². The first kappa shape index (κ1) is 20.5. The number of fused-ring (bicyclic) bond motifs is 1. The number of nitrogens with zero attached hydrogens (tertiary/aromatic N) is 2. The molecule has 0 aliphatic rings. The highest BCUT2D eigenvalue weighted by Crippen LogP contribution is 2.20. The van der Waals surface area contributed by atoms with Crippen LogP contribution in [-0.2, 0) is 17.8 Å². The van der Waals surface area contributed by atoms with Crippen molar-refractivity contribution in [1.29, 1.82) is 0 Å². The fourth-order valence-electron chi connectivity index (χ4n) is 3.19. The van der Waals surface area contributed by atoms with Gasteiger partial charge in [-0.25, -0.2) is 4.98 Å². The number of benzene rings is 2. The summed E-state index contributed by atoms with van der Waals surface area (Å²) >= 11 is 0. The maximum Gasteiger partial charge on any atom is 0.243 e. The Morgan fingerprint density at radius 3 is 2.83 bits per heavy atom. The second kappa shape index (κ2) is 10.3. The molecule has 2 aromatic carbocycles. The predicted molar refractivity (Wildman–Crippen MR) is 114 cm³/mol. The Bertz CT molecular complexity index is 965. The largest absolute Gasteiger partial charge is 0.497 e. The van der Waals surface area contributed by atoms with E-state index < -0.39 is 0 Å². The number of unbranched alkanes of at least 4 members (excludes halogenated alkanes) is 1. The molecule has 29 heavy (non-hydrogen) atoms. The van der Waals surface area contributed by atoms with E-state index in [-0.39, 0.29) is 5.91 Å². The zero-order valence-electron chi connectivity index (χ0n) is 16.8. The monoisotopic (exact) mass is 393 g/mol. The number of amides is 1. The Kier molecular flexibility index (Phi) is 7.28. The summed E-state index contributed by atoms with van der Waals surface area (Å²) in [5.41, 5.74) is 2.09. The van der Waals surface area contributed by atoms with E-state index in [1.165, 1.54) is 6.08 Å². The number of nitrogens with one attached hydrogen (secondary N) is 1. The maximum absolute atomic E-state index is 11.4. The average molecular weight is 393 g/mol. The van der Waals surface area contributed by atoms with Gasteiger partial charge in [-0.15, -0.1) is 0 Å². The summed E-state index contributed by atoms with van der Waals surface area (Å²) in [5, 5.41) is 2.82. The van der Waals surface area contributed by atoms with E-state index in [1.807, 2.05) is 42.5 Å². The van der Waals surface area contributed by atoms with Crippen molar-refractivity contribution >= 4 is 16.9 Å². The molecule has 6 heteroatoms. The zero-order chi connectivity index (χ0) is 20.5. The summed E-state index contributed by atoms with van der Waals surface area (Å²) in [6.07, 6.45) is 3.85. The number of para-hydroxylation sites is 2. The molecule has 0 aliphatic carbocycles. The van der Waals surface area contributed by atoms with Crippen molar-refractivity contribution in [3.63, 3.8) is 0 Å². The fraction of sp³-hybridized carbons (Fsp3) is 0.304. The van der Waals surface area contributed by atoms with E-state index in [9.17, 15) is 4.79 Å². The summed E-state index contributed by atoms with van der Waals surface area (Å²) in [5.74, 6) is 2.42. The number of imidazole rings is 1. The molecule has 0 radical (unpaired) electrons. The van der Waals surface area contributed by atoms with Gasteiger partial charge >= 0.3 is 0 Å². The molecule has 0 aliphatic heterocycles. The molecular formula is C23H27N3O3. The molecule has 1 heterocycles. The third-order valence-electron chi connectivity index (χ3n) is 4.65. The first-order valence-corrected chi connectivity index (χ1v) is 9.82. The third-order valence-corrected chi connectivity index (χ3v) is 4.65. The summed E-state index contributed by atoms with van der Waals surface area (Å²) in [7, 11) is 1.65. The van der Waals surface area contributed by atoms with Crippen molar-refractivity contribution in [2.45, 2.75) is 25.8 Å². The fourth-order valence-corrected chi connectivity index (χ4v) is 3.19. The Labute approximate surface area is 171 Å². The van der Waals surface area contributed by atoms with Crippen LogP contribution in [0, 0.1) is 0 Å². The molecule has 0 spiro atoms. The number of aromatic nitrogens is 2. The van der Waals surface area contributed by atoms with Crippen LogP contribution in [0.4, 0.5) is 0 Å². The van der Waals surface area contributed by atoms with Gasteiger partial charge in [-0.2, -0.15) is 0 Å². The summed E-state index contributed by atoms with van der Waals surface area (Å²) in [6.45, 7) is 5.51. The van der Waals surface area contributed by atoms with Gasteiger partial charge in [0.15, 0.2) is 0 Å². The SMILES string of the molecule is C=CC(=O)NCCc1nc2ccccc2n1CCCCOc1cccc(OC)c1. The van der Waals surface area contributed by atoms with Gasteiger partial charge in [0.25, 0.3) is 0 Å². The lowest BCUT2D eigenvalue weighted by Gasteiger charge is -2.11. The molecule has 0 bridgehead atoms. The van der Waals surface area contributed by atoms with Crippen LogP contribution >= 0.6 is 0 Å². The van der Waals surface area contributed by atoms with Crippen molar-refractivity contribution in [3.8, 4) is 11.5 Å². The lowest BCUT2D eigenvalue weighted by molar-refractivity contribution is -0.116. The summed E-state index contributed by atoms with van der Waals surface area (Å²) in [4.78, 5) is 16.1. The van der Waals surface area contributed by atoms with Crippen LogP contribution in [0.1, 0.15) is 18.7 Å². The molecular weight excluding hydrogens is 366 g/mol. The molecule has 3 aromatic rings.